The van der Waals surface area contributed by atoms with Crippen molar-refractivity contribution in [3.63, 3.8) is 0 Å². The lowest BCUT2D eigenvalue weighted by molar-refractivity contribution is 1.01. The third kappa shape index (κ3) is 28.1. The van der Waals surface area contributed by atoms with Gasteiger partial charge in [0, 0.05) is 96.1 Å². The van der Waals surface area contributed by atoms with Crippen molar-refractivity contribution in [1.82, 2.24) is 79.7 Å². The van der Waals surface area contributed by atoms with Crippen LogP contribution in [0.5, 0.6) is 0 Å². The molecule has 8 heterocycles. The zero-order valence-corrected chi connectivity index (χ0v) is 38.5. The van der Waals surface area contributed by atoms with Crippen molar-refractivity contribution in [2.75, 3.05) is 0 Å². The molecule has 0 unspecified atom stereocenters. The summed E-state index contributed by atoms with van der Waals surface area (Å²) < 4.78 is 0. The molecule has 0 saturated heterocycles. The van der Waals surface area contributed by atoms with Gasteiger partial charge in [-0.05, 0) is 143 Å². The first-order chi connectivity index (χ1) is 29.5. The van der Waals surface area contributed by atoms with E-state index in [0.717, 1.165) is 79.5 Å². The van der Waals surface area contributed by atoms with Crippen molar-refractivity contribution >= 4 is 0 Å². The molecule has 0 fully saturated rings. The Hall–Kier alpha value is -7.36. The first-order valence-corrected chi connectivity index (χ1v) is 19.5. The first-order valence-electron chi connectivity index (χ1n) is 19.5. The Morgan fingerprint density at radius 2 is 0.694 bits per heavy atom. The maximum Gasteiger partial charge on any atom is 0.125 e. The Bertz CT molecular complexity index is 2060. The van der Waals surface area contributed by atoms with E-state index < -0.39 is 0 Å². The summed E-state index contributed by atoms with van der Waals surface area (Å²) in [4.78, 5) is 62.5. The Labute approximate surface area is 366 Å². The minimum absolute atomic E-state index is 0.829. The standard InChI is InChI=1S/6C6H8N2.2C5H6N2/c2*1-5-3-7-4-8-6(5)2;1-5-3-6(2)8-4-7-5;2*1-5-3-7-6(2)8-4-5;1-5-3-4-7-6(2)8-5;1-5-2-6-4-7-3-5;1-5-2-3-6-4-7-5/h6*3-4H,1-2H3;2*2-4H,1H3. The fraction of sp³-hybridized carbons (Fsp3) is 0.304. The van der Waals surface area contributed by atoms with Crippen LogP contribution in [0.25, 0.3) is 0 Å². The van der Waals surface area contributed by atoms with Crippen LogP contribution in [0.1, 0.15) is 79.5 Å². The minimum Gasteiger partial charge on any atom is -0.245 e. The molecular weight excluding hydrogens is 777 g/mol. The second-order valence-corrected chi connectivity index (χ2v) is 13.5. The zero-order chi connectivity index (χ0) is 46.1. The number of hydrogen-bond donors (Lipinski definition) is 0. The molecule has 0 aliphatic rings. The van der Waals surface area contributed by atoms with Crippen molar-refractivity contribution < 1.29 is 0 Å². The van der Waals surface area contributed by atoms with E-state index in [2.05, 4.69) is 79.7 Å². The lowest BCUT2D eigenvalue weighted by Gasteiger charge is -1.91. The highest BCUT2D eigenvalue weighted by molar-refractivity contribution is 5.11. The largest absolute Gasteiger partial charge is 0.245 e. The summed E-state index contributed by atoms with van der Waals surface area (Å²) in [6.07, 6.45) is 25.6. The molecular formula is C46H60N16. The van der Waals surface area contributed by atoms with Crippen LogP contribution in [0.2, 0.25) is 0 Å². The molecule has 0 atom stereocenters. The number of aromatic nitrogens is 16. The predicted octanol–water partition coefficient (Wildman–Crippen LogP) is 8.13. The van der Waals surface area contributed by atoms with Crippen molar-refractivity contribution in [1.29, 1.82) is 0 Å². The van der Waals surface area contributed by atoms with Gasteiger partial charge in [0.05, 0.1) is 0 Å². The molecule has 0 saturated carbocycles. The molecule has 0 N–H and O–H groups in total. The third-order valence-electron chi connectivity index (χ3n) is 7.41. The fourth-order valence-electron chi connectivity index (χ4n) is 3.73. The van der Waals surface area contributed by atoms with Crippen LogP contribution < -0.4 is 0 Å². The average molecular weight is 837 g/mol. The SMILES string of the molecule is Cc1cc(C)ncn1.Cc1ccnc(C)n1.Cc1ccncn1.Cc1cnc(C)nc1.Cc1cnc(C)nc1.Cc1cncnc1.Cc1cncnc1C.Cc1cncnc1C. The van der Waals surface area contributed by atoms with E-state index in [-0.39, 0.29) is 0 Å². The topological polar surface area (TPSA) is 206 Å². The summed E-state index contributed by atoms with van der Waals surface area (Å²) in [6.45, 7) is 27.3. The first kappa shape index (κ1) is 52.7. The van der Waals surface area contributed by atoms with Gasteiger partial charge in [-0.2, -0.15) is 0 Å². The van der Waals surface area contributed by atoms with Gasteiger partial charge in [-0.25, -0.2) is 79.7 Å². The lowest BCUT2D eigenvalue weighted by Crippen LogP contribution is -1.86. The Kier molecular flexibility index (Phi) is 26.8. The minimum atomic E-state index is 0.829. The number of aryl methyl sites for hydroxylation is 14. The third-order valence-corrected chi connectivity index (χ3v) is 7.41. The van der Waals surface area contributed by atoms with Gasteiger partial charge in [0.15, 0.2) is 0 Å². The van der Waals surface area contributed by atoms with Crippen LogP contribution in [0.15, 0.2) is 112 Å². The van der Waals surface area contributed by atoms with E-state index in [0.29, 0.717) is 0 Å². The van der Waals surface area contributed by atoms with Gasteiger partial charge in [-0.1, -0.05) is 0 Å². The number of hydrogen-bond acceptors (Lipinski definition) is 16. The van der Waals surface area contributed by atoms with Gasteiger partial charge in [0.2, 0.25) is 0 Å². The Balaban J connectivity index is 0.000000354. The second-order valence-electron chi connectivity index (χ2n) is 13.5. The summed E-state index contributed by atoms with van der Waals surface area (Å²) in [5.74, 6) is 2.50. The van der Waals surface area contributed by atoms with Gasteiger partial charge in [-0.3, -0.25) is 0 Å². The van der Waals surface area contributed by atoms with E-state index in [1.807, 2.05) is 152 Å². The second kappa shape index (κ2) is 31.5. The van der Waals surface area contributed by atoms with E-state index in [1.54, 1.807) is 43.8 Å². The predicted molar refractivity (Wildman–Crippen MR) is 243 cm³/mol. The molecule has 324 valence electrons. The summed E-state index contributed by atoms with van der Waals surface area (Å²) in [5.41, 5.74) is 11.8. The molecule has 0 radical (unpaired) electrons. The summed E-state index contributed by atoms with van der Waals surface area (Å²) >= 11 is 0. The molecule has 8 rings (SSSR count). The molecule has 16 nitrogen and oxygen atoms in total. The molecule has 0 aliphatic carbocycles. The average Bonchev–Trinajstić information content (AvgIpc) is 3.24. The quantitative estimate of drug-likeness (QED) is 0.141. The summed E-state index contributed by atoms with van der Waals surface area (Å²) in [5, 5.41) is 0. The van der Waals surface area contributed by atoms with E-state index in [9.17, 15) is 0 Å². The summed E-state index contributed by atoms with van der Waals surface area (Å²) in [6, 6.07) is 5.69. The van der Waals surface area contributed by atoms with Crippen molar-refractivity contribution in [3.05, 3.63) is 191 Å². The maximum atomic E-state index is 4.06. The maximum absolute atomic E-state index is 4.06. The number of rotatable bonds is 0. The van der Waals surface area contributed by atoms with Gasteiger partial charge in [-0.15, -0.1) is 0 Å². The van der Waals surface area contributed by atoms with Crippen molar-refractivity contribution in [2.24, 2.45) is 0 Å². The highest BCUT2D eigenvalue weighted by Gasteiger charge is 1.89. The highest BCUT2D eigenvalue weighted by atomic mass is 14.9. The van der Waals surface area contributed by atoms with E-state index in [4.69, 9.17) is 0 Å². The van der Waals surface area contributed by atoms with Gasteiger partial charge < -0.3 is 0 Å². The Morgan fingerprint density at radius 3 is 0.935 bits per heavy atom. The molecule has 8 aromatic heterocycles. The molecule has 62 heavy (non-hydrogen) atoms. The van der Waals surface area contributed by atoms with Crippen molar-refractivity contribution in [3.8, 4) is 0 Å². The molecule has 8 aromatic rings. The molecule has 0 aromatic carbocycles. The number of nitrogens with zero attached hydrogens (tertiary/aromatic N) is 16. The van der Waals surface area contributed by atoms with Crippen LogP contribution >= 0.6 is 0 Å². The van der Waals surface area contributed by atoms with Crippen molar-refractivity contribution in [2.45, 2.75) is 96.9 Å². The molecule has 0 spiro atoms. The smallest absolute Gasteiger partial charge is 0.125 e. The zero-order valence-electron chi connectivity index (χ0n) is 38.5. The molecule has 16 heteroatoms. The van der Waals surface area contributed by atoms with Crippen LogP contribution in [0, 0.1) is 96.9 Å². The van der Waals surface area contributed by atoms with Gasteiger partial charge in [0.1, 0.15) is 49.1 Å². The van der Waals surface area contributed by atoms with Crippen LogP contribution in [-0.2, 0) is 0 Å². The highest BCUT2D eigenvalue weighted by Crippen LogP contribution is 1.97. The lowest BCUT2D eigenvalue weighted by atomic mass is 10.3. The fourth-order valence-corrected chi connectivity index (χ4v) is 3.73. The molecule has 0 aliphatic heterocycles. The van der Waals surface area contributed by atoms with Gasteiger partial charge >= 0.3 is 0 Å². The van der Waals surface area contributed by atoms with Gasteiger partial charge in [0.25, 0.3) is 0 Å². The van der Waals surface area contributed by atoms with E-state index in [1.165, 1.54) is 12.7 Å². The van der Waals surface area contributed by atoms with Crippen LogP contribution in [-0.4, -0.2) is 79.7 Å². The molecule has 0 amide bonds. The molecule has 0 bridgehead atoms. The Morgan fingerprint density at radius 1 is 0.290 bits per heavy atom. The van der Waals surface area contributed by atoms with E-state index >= 15 is 0 Å². The van der Waals surface area contributed by atoms with Crippen LogP contribution in [0.3, 0.4) is 0 Å². The van der Waals surface area contributed by atoms with Crippen LogP contribution in [0.4, 0.5) is 0 Å². The summed E-state index contributed by atoms with van der Waals surface area (Å²) in [7, 11) is 0. The monoisotopic (exact) mass is 837 g/mol. The normalized spacial score (nSPS) is 9.13.